The van der Waals surface area contributed by atoms with Gasteiger partial charge < -0.3 is 39.4 Å². The number of hydrogen-bond acceptors (Lipinski definition) is 17. The normalized spacial score (nSPS) is 24.9. The van der Waals surface area contributed by atoms with E-state index in [0.717, 1.165) is 22.0 Å². The van der Waals surface area contributed by atoms with Crippen molar-refractivity contribution < 1.29 is 51.7 Å². The highest BCUT2D eigenvalue weighted by atomic mass is 31.1. The van der Waals surface area contributed by atoms with Crippen molar-refractivity contribution in [3.63, 3.8) is 0 Å². The standard InChI is InChI=1S/C32H29F2N12O9P/c33-19-23(17(11-47)52-31(19)45-27-21(41-43-45)25(35-13-37-27)39-29(49)15-7-3-1-4-8-15)54-56(51)55-24-18(12-48)53-32(20(24)34)46-28-22(42-44-46)26(36-14-38-28)40-30(50)16-9-5-2-6-10-16/h1-10,13-14,17-20,23-24,31-32,47-48,56H,11-12H2,(H,35,37,39,49)(H,36,38,40,50)/t17-,18-,19+,20+,23-,24-,31-,32-/m1/s1. The molecule has 0 aliphatic carbocycles. The van der Waals surface area contributed by atoms with Crippen molar-refractivity contribution in [3.05, 3.63) is 84.4 Å². The fourth-order valence-electron chi connectivity index (χ4n) is 6.20. The number of hydrogen-bond donors (Lipinski definition) is 4. The molecule has 2 amide bonds. The van der Waals surface area contributed by atoms with E-state index in [1.54, 1.807) is 60.7 Å². The number of aromatic nitrogens is 10. The van der Waals surface area contributed by atoms with Gasteiger partial charge in [0, 0.05) is 11.1 Å². The van der Waals surface area contributed by atoms with Gasteiger partial charge >= 0.3 is 8.25 Å². The van der Waals surface area contributed by atoms with E-state index >= 15 is 8.78 Å². The third-order valence-electron chi connectivity index (χ3n) is 8.90. The predicted molar refractivity (Wildman–Crippen MR) is 186 cm³/mol. The molecule has 2 fully saturated rings. The molecule has 2 aromatic carbocycles. The Morgan fingerprint density at radius 3 is 1.50 bits per heavy atom. The number of carbonyl (C=O) groups is 2. The Balaban J connectivity index is 0.955. The number of alkyl halides is 2. The van der Waals surface area contributed by atoms with Crippen molar-refractivity contribution in [2.75, 3.05) is 23.8 Å². The van der Waals surface area contributed by atoms with E-state index in [4.69, 9.17) is 18.5 Å². The maximum atomic E-state index is 16.1. The van der Waals surface area contributed by atoms with Gasteiger partial charge in [-0.15, -0.1) is 10.2 Å². The van der Waals surface area contributed by atoms with Gasteiger partial charge in [-0.25, -0.2) is 28.7 Å². The molecule has 290 valence electrons. The average Bonchev–Trinajstić information content (AvgIpc) is 4.00. The van der Waals surface area contributed by atoms with Crippen LogP contribution in [0.2, 0.25) is 0 Å². The molecule has 2 aliphatic rings. The van der Waals surface area contributed by atoms with Crippen LogP contribution < -0.4 is 10.6 Å². The SMILES string of the molecule is O=C(Nc1ncnc2c1nnn2[C@@H]1O[C@H](CO)[C@@H](O[PH](=O)O[C@H]2[C@H](F)[C@H](n3nnc4c(NC(=O)c5ccccc5)ncnc43)O[C@@H]2CO)[C@@H]1F)c1ccccc1. The van der Waals surface area contributed by atoms with Crippen molar-refractivity contribution >= 4 is 54.0 Å². The van der Waals surface area contributed by atoms with E-state index in [1.165, 1.54) is 0 Å². The lowest BCUT2D eigenvalue weighted by atomic mass is 10.1. The molecule has 6 heterocycles. The summed E-state index contributed by atoms with van der Waals surface area (Å²) in [5.41, 5.74) is 0.568. The zero-order valence-corrected chi connectivity index (χ0v) is 29.4. The molecule has 6 aromatic rings. The Kier molecular flexibility index (Phi) is 10.4. The number of halogens is 2. The second-order valence-corrected chi connectivity index (χ2v) is 13.3. The van der Waals surface area contributed by atoms with Crippen molar-refractivity contribution in [3.8, 4) is 0 Å². The highest BCUT2D eigenvalue weighted by molar-refractivity contribution is 7.33. The monoisotopic (exact) mass is 794 g/mol. The van der Waals surface area contributed by atoms with Gasteiger partial charge in [0.2, 0.25) is 0 Å². The number of ether oxygens (including phenoxy) is 2. The lowest BCUT2D eigenvalue weighted by Crippen LogP contribution is -2.35. The van der Waals surface area contributed by atoms with Gasteiger partial charge in [-0.2, -0.15) is 9.36 Å². The first-order valence-corrected chi connectivity index (χ1v) is 18.0. The van der Waals surface area contributed by atoms with Crippen LogP contribution in [-0.2, 0) is 23.1 Å². The van der Waals surface area contributed by atoms with Crippen molar-refractivity contribution in [1.29, 1.82) is 0 Å². The fraction of sp³-hybridized carbons (Fsp3) is 0.312. The second kappa shape index (κ2) is 15.7. The minimum absolute atomic E-state index is 0.00554. The first kappa shape index (κ1) is 37.1. The number of rotatable bonds is 12. The van der Waals surface area contributed by atoms with Gasteiger partial charge in [-0.3, -0.25) is 14.2 Å². The molecule has 2 saturated heterocycles. The number of carbonyl (C=O) groups excluding carboxylic acids is 2. The largest absolute Gasteiger partial charge is 0.394 e. The van der Waals surface area contributed by atoms with E-state index in [-0.39, 0.29) is 34.0 Å². The van der Waals surface area contributed by atoms with Crippen LogP contribution in [0.4, 0.5) is 20.4 Å². The molecule has 2 aliphatic heterocycles. The van der Waals surface area contributed by atoms with Crippen molar-refractivity contribution in [2.24, 2.45) is 0 Å². The summed E-state index contributed by atoms with van der Waals surface area (Å²) in [5, 5.41) is 41.1. The van der Waals surface area contributed by atoms with Gasteiger partial charge in [0.05, 0.1) is 13.2 Å². The Labute approximate surface area is 312 Å². The summed E-state index contributed by atoms with van der Waals surface area (Å²) in [6.07, 6.45) is -11.6. The summed E-state index contributed by atoms with van der Waals surface area (Å²) in [4.78, 5) is 41.8. The molecule has 0 unspecified atom stereocenters. The fourth-order valence-corrected chi connectivity index (χ4v) is 7.27. The lowest BCUT2D eigenvalue weighted by molar-refractivity contribution is -0.0536. The Morgan fingerprint density at radius 1 is 0.696 bits per heavy atom. The zero-order valence-electron chi connectivity index (χ0n) is 28.4. The third kappa shape index (κ3) is 6.96. The highest BCUT2D eigenvalue weighted by Gasteiger charge is 2.52. The van der Waals surface area contributed by atoms with Gasteiger partial charge in [0.15, 0.2) is 58.8 Å². The first-order valence-electron chi connectivity index (χ1n) is 16.8. The van der Waals surface area contributed by atoms with Crippen molar-refractivity contribution in [1.82, 2.24) is 49.9 Å². The summed E-state index contributed by atoms with van der Waals surface area (Å²) >= 11 is 0. The smallest absolute Gasteiger partial charge is 0.320 e. The first-order chi connectivity index (χ1) is 27.2. The van der Waals surface area contributed by atoms with Crippen LogP contribution in [0, 0.1) is 0 Å². The van der Waals surface area contributed by atoms with Gasteiger partial charge in [0.25, 0.3) is 11.8 Å². The Hall–Kier alpha value is -5.81. The summed E-state index contributed by atoms with van der Waals surface area (Å²) in [6.45, 7) is -1.60. The maximum absolute atomic E-state index is 16.1. The summed E-state index contributed by atoms with van der Waals surface area (Å²) < 4.78 is 69.4. The van der Waals surface area contributed by atoms with E-state index < -0.39 is 82.5 Å². The molecule has 0 bridgehead atoms. The Morgan fingerprint density at radius 2 is 1.11 bits per heavy atom. The van der Waals surface area contributed by atoms with E-state index in [9.17, 15) is 24.4 Å². The van der Waals surface area contributed by atoms with Gasteiger partial charge in [0.1, 0.15) is 37.1 Å². The van der Waals surface area contributed by atoms with Crippen LogP contribution in [0.3, 0.4) is 0 Å². The molecule has 4 N–H and O–H groups in total. The van der Waals surface area contributed by atoms with Gasteiger partial charge in [-0.1, -0.05) is 46.8 Å². The molecule has 4 aromatic heterocycles. The molecular weight excluding hydrogens is 765 g/mol. The molecule has 8 atom stereocenters. The lowest BCUT2D eigenvalue weighted by Gasteiger charge is -2.21. The third-order valence-corrected chi connectivity index (χ3v) is 9.83. The molecule has 0 saturated carbocycles. The Bertz CT molecular complexity index is 2230. The number of nitrogens with one attached hydrogen (secondary N) is 2. The minimum atomic E-state index is -3.81. The number of aliphatic hydroxyl groups is 2. The minimum Gasteiger partial charge on any atom is -0.394 e. The molecule has 8 rings (SSSR count). The van der Waals surface area contributed by atoms with Crippen LogP contribution in [0.5, 0.6) is 0 Å². The zero-order chi connectivity index (χ0) is 38.9. The number of amides is 2. The highest BCUT2D eigenvalue weighted by Crippen LogP contribution is 2.44. The number of aliphatic hydroxyl groups excluding tert-OH is 2. The summed E-state index contributed by atoms with van der Waals surface area (Å²) in [7, 11) is -3.81. The topological polar surface area (TPSA) is 266 Å². The molecule has 0 spiro atoms. The molecule has 56 heavy (non-hydrogen) atoms. The number of benzene rings is 2. The molecule has 0 radical (unpaired) electrons. The van der Waals surface area contributed by atoms with E-state index in [2.05, 4.69) is 51.2 Å². The van der Waals surface area contributed by atoms with E-state index in [0.29, 0.717) is 11.1 Å². The molecule has 21 nitrogen and oxygen atoms in total. The molecular formula is C32H29F2N12O9P. The maximum Gasteiger partial charge on any atom is 0.320 e. The van der Waals surface area contributed by atoms with Crippen LogP contribution >= 0.6 is 8.25 Å². The van der Waals surface area contributed by atoms with Crippen LogP contribution in [0.1, 0.15) is 33.2 Å². The summed E-state index contributed by atoms with van der Waals surface area (Å²) in [5.74, 6) is -1.04. The van der Waals surface area contributed by atoms with Crippen molar-refractivity contribution in [2.45, 2.75) is 49.2 Å². The molecule has 24 heteroatoms. The number of nitrogens with zero attached hydrogens (tertiary/aromatic N) is 10. The quantitative estimate of drug-likeness (QED) is 0.128. The average molecular weight is 795 g/mol. The number of fused-ring (bicyclic) bond motifs is 2. The van der Waals surface area contributed by atoms with Crippen LogP contribution in [-0.4, -0.2) is 122 Å². The van der Waals surface area contributed by atoms with E-state index in [1.807, 2.05) is 0 Å². The number of anilines is 2. The summed E-state index contributed by atoms with van der Waals surface area (Å²) in [6, 6.07) is 16.6. The predicted octanol–water partition coefficient (Wildman–Crippen LogP) is 1.58. The van der Waals surface area contributed by atoms with Crippen LogP contribution in [0.25, 0.3) is 22.3 Å². The van der Waals surface area contributed by atoms with Gasteiger partial charge in [-0.05, 0) is 24.3 Å². The van der Waals surface area contributed by atoms with Crippen LogP contribution in [0.15, 0.2) is 73.3 Å². The second-order valence-electron chi connectivity index (χ2n) is 12.3.